The van der Waals surface area contributed by atoms with Gasteiger partial charge in [-0.1, -0.05) is 18.2 Å². The minimum atomic E-state index is -0.333. The number of halogens is 1. The number of ether oxygens (including phenoxy) is 1. The molecule has 1 aliphatic heterocycles. The number of nitrogens with zero attached hydrogens (tertiary/aromatic N) is 3. The van der Waals surface area contributed by atoms with E-state index in [1.807, 2.05) is 42.8 Å². The summed E-state index contributed by atoms with van der Waals surface area (Å²) in [5.41, 5.74) is 3.69. The molecule has 6 nitrogen and oxygen atoms in total. The van der Waals surface area contributed by atoms with Crippen molar-refractivity contribution < 1.29 is 13.9 Å². The molecule has 2 heterocycles. The van der Waals surface area contributed by atoms with E-state index in [9.17, 15) is 9.18 Å². The molecule has 8 heteroatoms. The molecule has 0 aliphatic carbocycles. The first kappa shape index (κ1) is 20.7. The number of benzene rings is 2. The third-order valence-electron chi connectivity index (χ3n) is 5.15. The SMILES string of the molecule is COc1cc(C=C2NC(=S)N([C@H](C)c3ccc(F)cc3)C2=O)ccc1-n1cnc(C)c1. The average molecular weight is 437 g/mol. The van der Waals surface area contributed by atoms with Gasteiger partial charge in [-0.15, -0.1) is 0 Å². The molecule has 0 spiro atoms. The summed E-state index contributed by atoms with van der Waals surface area (Å²) in [6.45, 7) is 3.77. The van der Waals surface area contributed by atoms with E-state index in [0.717, 1.165) is 22.5 Å². The Balaban J connectivity index is 1.61. The van der Waals surface area contributed by atoms with E-state index in [1.54, 1.807) is 31.6 Å². The van der Waals surface area contributed by atoms with E-state index in [2.05, 4.69) is 10.3 Å². The molecule has 1 amide bonds. The lowest BCUT2D eigenvalue weighted by Gasteiger charge is -2.23. The molecular weight excluding hydrogens is 415 g/mol. The van der Waals surface area contributed by atoms with Crippen LogP contribution >= 0.6 is 12.2 Å². The molecule has 4 rings (SSSR count). The van der Waals surface area contributed by atoms with Crippen molar-refractivity contribution in [2.24, 2.45) is 0 Å². The molecule has 1 fully saturated rings. The van der Waals surface area contributed by atoms with Gasteiger partial charge in [0.05, 0.1) is 30.9 Å². The normalized spacial score (nSPS) is 16.0. The molecule has 2 aromatic carbocycles. The summed E-state index contributed by atoms with van der Waals surface area (Å²) in [6.07, 6.45) is 5.36. The third-order valence-corrected chi connectivity index (χ3v) is 5.45. The standard InChI is InChI=1S/C23H21FN4O2S/c1-14-12-27(13-25-14)20-9-4-16(11-21(20)30-3)10-19-22(29)28(23(31)26-19)15(2)17-5-7-18(24)8-6-17/h4-13,15H,1-3H3,(H,26,31)/t15-/m1/s1. The van der Waals surface area contributed by atoms with Crippen LogP contribution in [0.2, 0.25) is 0 Å². The van der Waals surface area contributed by atoms with Crippen molar-refractivity contribution in [1.82, 2.24) is 19.8 Å². The Labute approximate surface area is 185 Å². The second-order valence-corrected chi connectivity index (χ2v) is 7.63. The maximum Gasteiger partial charge on any atom is 0.277 e. The molecule has 0 bridgehead atoms. The Morgan fingerprint density at radius 3 is 2.61 bits per heavy atom. The molecule has 1 N–H and O–H groups in total. The summed E-state index contributed by atoms with van der Waals surface area (Å²) in [5.74, 6) is 0.0830. The number of rotatable bonds is 5. The van der Waals surface area contributed by atoms with Gasteiger partial charge in [-0.2, -0.15) is 0 Å². The van der Waals surface area contributed by atoms with Gasteiger partial charge in [0.1, 0.15) is 17.3 Å². The summed E-state index contributed by atoms with van der Waals surface area (Å²) in [5, 5.41) is 3.30. The molecule has 1 saturated heterocycles. The second kappa shape index (κ2) is 8.31. The summed E-state index contributed by atoms with van der Waals surface area (Å²) >= 11 is 5.39. The Bertz CT molecular complexity index is 1190. The zero-order chi connectivity index (χ0) is 22.1. The van der Waals surface area contributed by atoms with Crippen molar-refractivity contribution in [3.63, 3.8) is 0 Å². The highest BCUT2D eigenvalue weighted by molar-refractivity contribution is 7.80. The average Bonchev–Trinajstić information content (AvgIpc) is 3.30. The number of nitrogens with one attached hydrogen (secondary N) is 1. The van der Waals surface area contributed by atoms with Crippen molar-refractivity contribution in [1.29, 1.82) is 0 Å². The number of aryl methyl sites for hydroxylation is 1. The van der Waals surface area contributed by atoms with Gasteiger partial charge < -0.3 is 14.6 Å². The van der Waals surface area contributed by atoms with E-state index in [-0.39, 0.29) is 17.8 Å². The van der Waals surface area contributed by atoms with Gasteiger partial charge in [-0.25, -0.2) is 9.37 Å². The van der Waals surface area contributed by atoms with Crippen LogP contribution in [0.3, 0.4) is 0 Å². The monoisotopic (exact) mass is 436 g/mol. The smallest absolute Gasteiger partial charge is 0.277 e. The lowest BCUT2D eigenvalue weighted by molar-refractivity contribution is -0.123. The molecule has 1 aromatic heterocycles. The third kappa shape index (κ3) is 4.06. The number of hydrogen-bond donors (Lipinski definition) is 1. The van der Waals surface area contributed by atoms with E-state index in [0.29, 0.717) is 16.6 Å². The Morgan fingerprint density at radius 1 is 1.23 bits per heavy atom. The number of carbonyl (C=O) groups excluding carboxylic acids is 1. The lowest BCUT2D eigenvalue weighted by Crippen LogP contribution is -2.33. The van der Waals surface area contributed by atoms with E-state index in [1.165, 1.54) is 17.0 Å². The van der Waals surface area contributed by atoms with Gasteiger partial charge in [0.2, 0.25) is 0 Å². The number of thiocarbonyl (C=S) groups is 1. The Hall–Kier alpha value is -3.52. The van der Waals surface area contributed by atoms with Crippen molar-refractivity contribution in [3.8, 4) is 11.4 Å². The van der Waals surface area contributed by atoms with Gasteiger partial charge in [-0.3, -0.25) is 9.69 Å². The summed E-state index contributed by atoms with van der Waals surface area (Å²) in [4.78, 5) is 18.8. The lowest BCUT2D eigenvalue weighted by atomic mass is 10.1. The van der Waals surface area contributed by atoms with Gasteiger partial charge in [0, 0.05) is 6.20 Å². The zero-order valence-corrected chi connectivity index (χ0v) is 18.1. The summed E-state index contributed by atoms with van der Waals surface area (Å²) in [6, 6.07) is 11.4. The Kier molecular flexibility index (Phi) is 5.56. The van der Waals surface area contributed by atoms with E-state index >= 15 is 0 Å². The number of aromatic nitrogens is 2. The first-order valence-corrected chi connectivity index (χ1v) is 10.1. The molecule has 3 aromatic rings. The highest BCUT2D eigenvalue weighted by Gasteiger charge is 2.34. The maximum absolute atomic E-state index is 13.2. The molecule has 1 aliphatic rings. The van der Waals surface area contributed by atoms with Crippen LogP contribution in [-0.2, 0) is 4.79 Å². The van der Waals surface area contributed by atoms with Crippen molar-refractivity contribution in [2.45, 2.75) is 19.9 Å². The van der Waals surface area contributed by atoms with Crippen LogP contribution in [0.1, 0.15) is 29.8 Å². The molecule has 0 saturated carbocycles. The second-order valence-electron chi connectivity index (χ2n) is 7.24. The fraction of sp³-hybridized carbons (Fsp3) is 0.174. The van der Waals surface area contributed by atoms with E-state index in [4.69, 9.17) is 17.0 Å². The summed E-state index contributed by atoms with van der Waals surface area (Å²) in [7, 11) is 1.60. The molecule has 0 radical (unpaired) electrons. The first-order chi connectivity index (χ1) is 14.9. The van der Waals surface area contributed by atoms with Gasteiger partial charge in [0.15, 0.2) is 5.11 Å². The van der Waals surface area contributed by atoms with Gasteiger partial charge in [-0.05, 0) is 67.5 Å². The van der Waals surface area contributed by atoms with Crippen LogP contribution in [-0.4, -0.2) is 32.6 Å². The summed E-state index contributed by atoms with van der Waals surface area (Å²) < 4.78 is 20.7. The van der Waals surface area contributed by atoms with Crippen LogP contribution in [0.25, 0.3) is 11.8 Å². The largest absolute Gasteiger partial charge is 0.495 e. The minimum absolute atomic E-state index is 0.241. The van der Waals surface area contributed by atoms with Crippen molar-refractivity contribution >= 4 is 29.3 Å². The van der Waals surface area contributed by atoms with E-state index < -0.39 is 0 Å². The fourth-order valence-electron chi connectivity index (χ4n) is 3.51. The first-order valence-electron chi connectivity index (χ1n) is 9.68. The molecule has 31 heavy (non-hydrogen) atoms. The van der Waals surface area contributed by atoms with Crippen molar-refractivity contribution in [2.75, 3.05) is 7.11 Å². The fourth-order valence-corrected chi connectivity index (χ4v) is 3.86. The number of carbonyl (C=O) groups is 1. The molecule has 158 valence electrons. The van der Waals surface area contributed by atoms with Crippen LogP contribution < -0.4 is 10.1 Å². The maximum atomic E-state index is 13.2. The molecular formula is C23H21FN4O2S. The van der Waals surface area contributed by atoms with Gasteiger partial charge >= 0.3 is 0 Å². The van der Waals surface area contributed by atoms with Crippen LogP contribution in [0.15, 0.2) is 60.7 Å². The quantitative estimate of drug-likeness (QED) is 0.481. The topological polar surface area (TPSA) is 59.4 Å². The number of imidazole rings is 1. The van der Waals surface area contributed by atoms with Crippen molar-refractivity contribution in [3.05, 3.63) is 83.3 Å². The number of hydrogen-bond acceptors (Lipinski definition) is 4. The van der Waals surface area contributed by atoms with Crippen LogP contribution in [0.5, 0.6) is 5.75 Å². The number of methoxy groups -OCH3 is 1. The van der Waals surface area contributed by atoms with Crippen LogP contribution in [0.4, 0.5) is 4.39 Å². The predicted molar refractivity (Wildman–Crippen MR) is 120 cm³/mol. The highest BCUT2D eigenvalue weighted by Crippen LogP contribution is 2.29. The molecule has 0 unspecified atom stereocenters. The number of amides is 1. The zero-order valence-electron chi connectivity index (χ0n) is 17.3. The Morgan fingerprint density at radius 2 is 1.97 bits per heavy atom. The van der Waals surface area contributed by atoms with Crippen LogP contribution in [0, 0.1) is 12.7 Å². The highest BCUT2D eigenvalue weighted by atomic mass is 32.1. The van der Waals surface area contributed by atoms with Gasteiger partial charge in [0.25, 0.3) is 5.91 Å². The molecule has 1 atom stereocenters. The predicted octanol–water partition coefficient (Wildman–Crippen LogP) is 4.15. The minimum Gasteiger partial charge on any atom is -0.495 e.